The van der Waals surface area contributed by atoms with Crippen LogP contribution in [0.1, 0.15) is 26.7 Å². The van der Waals surface area contributed by atoms with E-state index in [1.807, 2.05) is 12.1 Å². The molecule has 3 rings (SSSR count). The van der Waals surface area contributed by atoms with Gasteiger partial charge in [-0.3, -0.25) is 0 Å². The summed E-state index contributed by atoms with van der Waals surface area (Å²) in [6, 6.07) is 6.70. The smallest absolute Gasteiger partial charge is 0.0610 e. The number of nitrogens with zero attached hydrogens (tertiary/aromatic N) is 1. The highest BCUT2D eigenvalue weighted by Crippen LogP contribution is 2.50. The molecule has 1 saturated carbocycles. The quantitative estimate of drug-likeness (QED) is 0.803. The highest BCUT2D eigenvalue weighted by Gasteiger charge is 2.51. The van der Waals surface area contributed by atoms with Crippen molar-refractivity contribution in [3.63, 3.8) is 0 Å². The summed E-state index contributed by atoms with van der Waals surface area (Å²) < 4.78 is 0. The van der Waals surface area contributed by atoms with Crippen LogP contribution in [0.4, 0.5) is 11.4 Å². The molecule has 0 aromatic heterocycles. The Labute approximate surface area is 102 Å². The molecule has 16 heavy (non-hydrogen) atoms. The molecule has 0 radical (unpaired) electrons. The van der Waals surface area contributed by atoms with Gasteiger partial charge in [0.15, 0.2) is 0 Å². The summed E-state index contributed by atoms with van der Waals surface area (Å²) in [7, 11) is 0. The molecule has 1 aliphatic heterocycles. The molecule has 2 nitrogen and oxygen atoms in total. The van der Waals surface area contributed by atoms with Crippen LogP contribution in [0, 0.1) is 0 Å². The van der Waals surface area contributed by atoms with Gasteiger partial charge in [0.25, 0.3) is 0 Å². The van der Waals surface area contributed by atoms with Crippen LogP contribution in [0.5, 0.6) is 0 Å². The van der Waals surface area contributed by atoms with E-state index in [0.717, 1.165) is 11.6 Å². The molecule has 1 N–H and O–H groups in total. The molecule has 0 bridgehead atoms. The van der Waals surface area contributed by atoms with E-state index in [4.69, 9.17) is 11.6 Å². The lowest BCUT2D eigenvalue weighted by Gasteiger charge is -2.43. The fourth-order valence-electron chi connectivity index (χ4n) is 2.85. The molecule has 1 spiro atoms. The zero-order chi connectivity index (χ0) is 11.3. The summed E-state index contributed by atoms with van der Waals surface area (Å²) in [5.74, 6) is 0. The highest BCUT2D eigenvalue weighted by molar-refractivity contribution is 6.31. The van der Waals surface area contributed by atoms with Crippen molar-refractivity contribution < 1.29 is 0 Å². The second kappa shape index (κ2) is 3.30. The SMILES string of the molecule is CC(C)N1c2ccc(Cl)cc2NCC12CC2. The average molecular weight is 237 g/mol. The van der Waals surface area contributed by atoms with Crippen LogP contribution < -0.4 is 10.2 Å². The van der Waals surface area contributed by atoms with Crippen molar-refractivity contribution in [1.29, 1.82) is 0 Å². The second-order valence-electron chi connectivity index (χ2n) is 5.20. The maximum atomic E-state index is 6.03. The van der Waals surface area contributed by atoms with Crippen LogP contribution >= 0.6 is 11.6 Å². The molecule has 2 aliphatic rings. The van der Waals surface area contributed by atoms with Gasteiger partial charge in [0, 0.05) is 17.6 Å². The molecule has 0 atom stereocenters. The largest absolute Gasteiger partial charge is 0.381 e. The minimum atomic E-state index is 0.384. The minimum Gasteiger partial charge on any atom is -0.381 e. The lowest BCUT2D eigenvalue weighted by atomic mass is 10.0. The Morgan fingerprint density at radius 2 is 2.12 bits per heavy atom. The topological polar surface area (TPSA) is 15.3 Å². The molecule has 0 unspecified atom stereocenters. The van der Waals surface area contributed by atoms with Crippen molar-refractivity contribution in [2.24, 2.45) is 0 Å². The van der Waals surface area contributed by atoms with E-state index >= 15 is 0 Å². The molecule has 86 valence electrons. The molecule has 1 heterocycles. The Morgan fingerprint density at radius 3 is 2.75 bits per heavy atom. The van der Waals surface area contributed by atoms with Crippen molar-refractivity contribution in [3.8, 4) is 0 Å². The van der Waals surface area contributed by atoms with Crippen LogP contribution in [0.3, 0.4) is 0 Å². The molecule has 1 aliphatic carbocycles. The maximum Gasteiger partial charge on any atom is 0.0610 e. The predicted molar refractivity (Wildman–Crippen MR) is 69.5 cm³/mol. The van der Waals surface area contributed by atoms with Crippen LogP contribution in [0.2, 0.25) is 5.02 Å². The van der Waals surface area contributed by atoms with E-state index in [1.165, 1.54) is 24.2 Å². The molecular weight excluding hydrogens is 220 g/mol. The Balaban J connectivity index is 2.08. The van der Waals surface area contributed by atoms with E-state index in [1.54, 1.807) is 0 Å². The summed E-state index contributed by atoms with van der Waals surface area (Å²) in [5, 5.41) is 4.32. The maximum absolute atomic E-state index is 6.03. The average Bonchev–Trinajstić information content (AvgIpc) is 2.98. The molecule has 0 saturated heterocycles. The standard InChI is InChI=1S/C13H17ClN2/c1-9(2)16-12-4-3-10(14)7-11(12)15-8-13(16)5-6-13/h3-4,7,9,15H,5-6,8H2,1-2H3. The first-order chi connectivity index (χ1) is 7.62. The lowest BCUT2D eigenvalue weighted by molar-refractivity contribution is 0.538. The Morgan fingerprint density at radius 1 is 1.38 bits per heavy atom. The normalized spacial score (nSPS) is 20.9. The van der Waals surface area contributed by atoms with E-state index < -0.39 is 0 Å². The van der Waals surface area contributed by atoms with Gasteiger partial charge < -0.3 is 10.2 Å². The van der Waals surface area contributed by atoms with Crippen molar-refractivity contribution in [3.05, 3.63) is 23.2 Å². The first kappa shape index (κ1) is 10.3. The van der Waals surface area contributed by atoms with Gasteiger partial charge in [-0.1, -0.05) is 11.6 Å². The minimum absolute atomic E-state index is 0.384. The third-order valence-corrected chi connectivity index (χ3v) is 3.92. The van der Waals surface area contributed by atoms with Gasteiger partial charge in [0.1, 0.15) is 0 Å². The van der Waals surface area contributed by atoms with Crippen LogP contribution in [-0.4, -0.2) is 18.1 Å². The second-order valence-corrected chi connectivity index (χ2v) is 5.64. The first-order valence-corrected chi connectivity index (χ1v) is 6.33. The molecule has 1 fully saturated rings. The monoisotopic (exact) mass is 236 g/mol. The van der Waals surface area contributed by atoms with Crippen molar-refractivity contribution >= 4 is 23.0 Å². The van der Waals surface area contributed by atoms with Gasteiger partial charge in [-0.25, -0.2) is 0 Å². The van der Waals surface area contributed by atoms with Gasteiger partial charge in [-0.05, 0) is 44.9 Å². The Kier molecular flexibility index (Phi) is 2.12. The van der Waals surface area contributed by atoms with Crippen LogP contribution in [0.25, 0.3) is 0 Å². The number of hydrogen-bond donors (Lipinski definition) is 1. The van der Waals surface area contributed by atoms with Gasteiger partial charge >= 0.3 is 0 Å². The third-order valence-electron chi connectivity index (χ3n) is 3.68. The van der Waals surface area contributed by atoms with E-state index in [-0.39, 0.29) is 0 Å². The molecule has 1 aromatic carbocycles. The molecule has 1 aromatic rings. The molecule has 0 amide bonds. The van der Waals surface area contributed by atoms with E-state index in [2.05, 4.69) is 30.1 Å². The molecular formula is C13H17ClN2. The Hall–Kier alpha value is -0.890. The Bertz CT molecular complexity index is 424. The number of halogens is 1. The molecule has 3 heteroatoms. The summed E-state index contributed by atoms with van der Waals surface area (Å²) in [4.78, 5) is 2.56. The fourth-order valence-corrected chi connectivity index (χ4v) is 3.02. The van der Waals surface area contributed by atoms with Gasteiger partial charge in [0.05, 0.1) is 16.9 Å². The number of fused-ring (bicyclic) bond motifs is 1. The summed E-state index contributed by atoms with van der Waals surface area (Å²) in [5.41, 5.74) is 2.87. The highest BCUT2D eigenvalue weighted by atomic mass is 35.5. The van der Waals surface area contributed by atoms with Crippen LogP contribution in [-0.2, 0) is 0 Å². The lowest BCUT2D eigenvalue weighted by Crippen LogP contribution is -2.49. The number of nitrogens with one attached hydrogen (secondary N) is 1. The van der Waals surface area contributed by atoms with Gasteiger partial charge in [-0.2, -0.15) is 0 Å². The first-order valence-electron chi connectivity index (χ1n) is 5.95. The number of hydrogen-bond acceptors (Lipinski definition) is 2. The van der Waals surface area contributed by atoms with E-state index in [9.17, 15) is 0 Å². The van der Waals surface area contributed by atoms with Gasteiger partial charge in [-0.15, -0.1) is 0 Å². The van der Waals surface area contributed by atoms with E-state index in [0.29, 0.717) is 11.6 Å². The number of benzene rings is 1. The third kappa shape index (κ3) is 1.40. The van der Waals surface area contributed by atoms with Crippen LogP contribution in [0.15, 0.2) is 18.2 Å². The van der Waals surface area contributed by atoms with Crippen molar-refractivity contribution in [1.82, 2.24) is 0 Å². The summed E-state index contributed by atoms with van der Waals surface area (Å²) in [6.07, 6.45) is 2.61. The predicted octanol–water partition coefficient (Wildman–Crippen LogP) is 3.51. The van der Waals surface area contributed by atoms with Crippen molar-refractivity contribution in [2.75, 3.05) is 16.8 Å². The van der Waals surface area contributed by atoms with Crippen molar-refractivity contribution in [2.45, 2.75) is 38.3 Å². The van der Waals surface area contributed by atoms with Gasteiger partial charge in [0.2, 0.25) is 0 Å². The number of rotatable bonds is 1. The number of anilines is 2. The zero-order valence-corrected chi connectivity index (χ0v) is 10.5. The summed E-state index contributed by atoms with van der Waals surface area (Å²) in [6.45, 7) is 5.59. The fraction of sp³-hybridized carbons (Fsp3) is 0.538. The summed E-state index contributed by atoms with van der Waals surface area (Å²) >= 11 is 6.03. The zero-order valence-electron chi connectivity index (χ0n) is 9.76.